The monoisotopic (exact) mass is 482 g/mol. The molecule has 0 bridgehead atoms. The van der Waals surface area contributed by atoms with Crippen LogP contribution in [-0.2, 0) is 23.4 Å². The summed E-state index contributed by atoms with van der Waals surface area (Å²) < 4.78 is 49.4. The van der Waals surface area contributed by atoms with Crippen LogP contribution in [-0.4, -0.2) is 35.6 Å². The van der Waals surface area contributed by atoms with Crippen LogP contribution in [0.3, 0.4) is 0 Å². The third kappa shape index (κ3) is 5.48. The van der Waals surface area contributed by atoms with Gasteiger partial charge in [0, 0.05) is 17.2 Å². The topological polar surface area (TPSA) is 74.0 Å². The summed E-state index contributed by atoms with van der Waals surface area (Å²) >= 11 is 0. The molecule has 2 atom stereocenters. The molecule has 0 amide bonds. The Kier molecular flexibility index (Phi) is 7.11. The minimum Gasteiger partial charge on any atom is -0.359 e. The number of rotatable bonds is 6. The lowest BCUT2D eigenvalue weighted by Crippen LogP contribution is -2.22. The molecule has 2 aromatic heterocycles. The third-order valence-corrected chi connectivity index (χ3v) is 5.85. The molecule has 2 aromatic carbocycles. The smallest absolute Gasteiger partial charge is 0.142 e. The average molecular weight is 483 g/mol. The normalized spacial score (nSPS) is 19.3. The van der Waals surface area contributed by atoms with Crippen LogP contribution in [0.25, 0.3) is 5.57 Å². The Morgan fingerprint density at radius 3 is 2.23 bits per heavy atom. The number of ether oxygens (including phenoxy) is 1. The van der Waals surface area contributed by atoms with Crippen molar-refractivity contribution in [2.75, 3.05) is 0 Å². The first-order valence-corrected chi connectivity index (χ1v) is 11.0. The number of nitrogens with zero attached hydrogens (tertiary/aromatic N) is 6. The molecule has 1 aliphatic rings. The van der Waals surface area contributed by atoms with Crippen LogP contribution in [0.15, 0.2) is 67.8 Å². The fourth-order valence-electron chi connectivity index (χ4n) is 3.90. The van der Waals surface area contributed by atoms with E-state index in [1.54, 1.807) is 41.1 Å². The van der Waals surface area contributed by atoms with Crippen LogP contribution < -0.4 is 0 Å². The van der Waals surface area contributed by atoms with Crippen molar-refractivity contribution in [3.8, 4) is 0 Å². The van der Waals surface area contributed by atoms with E-state index in [0.29, 0.717) is 24.2 Å². The molecule has 0 aliphatic carbocycles. The van der Waals surface area contributed by atoms with Crippen molar-refractivity contribution < 1.29 is 17.9 Å². The Bertz CT molecular complexity index is 1310. The summed E-state index contributed by atoms with van der Waals surface area (Å²) in [7, 11) is 0. The van der Waals surface area contributed by atoms with Gasteiger partial charge in [-0.05, 0) is 50.1 Å². The lowest BCUT2D eigenvalue weighted by molar-refractivity contribution is 0.258. The van der Waals surface area contributed by atoms with Gasteiger partial charge in [0.25, 0.3) is 0 Å². The molecule has 0 radical (unpaired) electrons. The predicted octanol–water partition coefficient (Wildman–Crippen LogP) is 4.70. The van der Waals surface area contributed by atoms with Crippen molar-refractivity contribution in [3.05, 3.63) is 102 Å². The minimum absolute atomic E-state index is 0.0149. The Labute approximate surface area is 200 Å². The summed E-state index contributed by atoms with van der Waals surface area (Å²) in [4.78, 5) is 7.70. The van der Waals surface area contributed by atoms with Gasteiger partial charge in [-0.1, -0.05) is 18.2 Å². The van der Waals surface area contributed by atoms with Crippen molar-refractivity contribution in [2.24, 2.45) is 0 Å². The second-order valence-corrected chi connectivity index (χ2v) is 8.26. The van der Waals surface area contributed by atoms with E-state index < -0.39 is 17.2 Å². The van der Waals surface area contributed by atoms with Crippen molar-refractivity contribution in [2.45, 2.75) is 45.6 Å². The van der Waals surface area contributed by atoms with Gasteiger partial charge >= 0.3 is 0 Å². The zero-order valence-electron chi connectivity index (χ0n) is 19.6. The zero-order chi connectivity index (χ0) is 25.0. The highest BCUT2D eigenvalue weighted by molar-refractivity contribution is 5.65. The van der Waals surface area contributed by atoms with Crippen molar-refractivity contribution in [3.63, 3.8) is 0 Å². The number of aromatic nitrogens is 6. The van der Waals surface area contributed by atoms with E-state index in [-0.39, 0.29) is 11.9 Å². The van der Waals surface area contributed by atoms with E-state index in [1.165, 1.54) is 30.9 Å². The van der Waals surface area contributed by atoms with Crippen LogP contribution >= 0.6 is 0 Å². The Balaban J connectivity index is 0.000000165. The molecule has 1 fully saturated rings. The van der Waals surface area contributed by atoms with Crippen LogP contribution in [0.5, 0.6) is 0 Å². The van der Waals surface area contributed by atoms with Crippen LogP contribution in [0.2, 0.25) is 0 Å². The zero-order valence-corrected chi connectivity index (χ0v) is 19.6. The van der Waals surface area contributed by atoms with Crippen molar-refractivity contribution in [1.82, 2.24) is 29.5 Å². The maximum atomic E-state index is 14.1. The van der Waals surface area contributed by atoms with Crippen LogP contribution in [0.4, 0.5) is 13.2 Å². The second-order valence-electron chi connectivity index (χ2n) is 8.26. The molecule has 5 rings (SSSR count). The van der Waals surface area contributed by atoms with E-state index in [2.05, 4.69) is 20.2 Å². The van der Waals surface area contributed by atoms with E-state index in [4.69, 9.17) is 4.74 Å². The number of epoxide rings is 1. The van der Waals surface area contributed by atoms with E-state index in [9.17, 15) is 13.2 Å². The second kappa shape index (κ2) is 10.2. The maximum Gasteiger partial charge on any atom is 0.142 e. The minimum atomic E-state index is -0.606. The number of benzene rings is 2. The summed E-state index contributed by atoms with van der Waals surface area (Å²) in [5, 5.41) is 8.00. The Hall–Kier alpha value is -3.79. The fraction of sp³-hybridized carbons (Fsp3) is 0.280. The van der Waals surface area contributed by atoms with Crippen LogP contribution in [0.1, 0.15) is 30.5 Å². The number of hydrogen-bond acceptors (Lipinski definition) is 5. The summed E-state index contributed by atoms with van der Waals surface area (Å²) in [5.74, 6) is -1.37. The van der Waals surface area contributed by atoms with Gasteiger partial charge in [0.2, 0.25) is 0 Å². The highest BCUT2D eigenvalue weighted by Crippen LogP contribution is 2.48. The molecular weight excluding hydrogens is 457 g/mol. The van der Waals surface area contributed by atoms with Gasteiger partial charge in [0.1, 0.15) is 48.4 Å². The molecule has 1 aliphatic heterocycles. The maximum absolute atomic E-state index is 14.1. The number of halogens is 3. The molecule has 1 saturated heterocycles. The molecule has 0 saturated carbocycles. The predicted molar refractivity (Wildman–Crippen MR) is 123 cm³/mol. The van der Waals surface area contributed by atoms with Gasteiger partial charge in [0.05, 0.1) is 19.2 Å². The lowest BCUT2D eigenvalue weighted by atomic mass is 9.94. The Morgan fingerprint density at radius 1 is 1.00 bits per heavy atom. The molecule has 0 spiro atoms. The first-order chi connectivity index (χ1) is 16.8. The van der Waals surface area contributed by atoms with Gasteiger partial charge < -0.3 is 4.74 Å². The van der Waals surface area contributed by atoms with Gasteiger partial charge in [0.15, 0.2) is 0 Å². The number of aryl methyl sites for hydroxylation is 1. The number of hydrogen-bond donors (Lipinski definition) is 0. The van der Waals surface area contributed by atoms with Crippen molar-refractivity contribution >= 4 is 5.57 Å². The quantitative estimate of drug-likeness (QED) is 0.373. The molecule has 10 heteroatoms. The first-order valence-electron chi connectivity index (χ1n) is 11.0. The van der Waals surface area contributed by atoms with Gasteiger partial charge in [-0.2, -0.15) is 10.2 Å². The highest BCUT2D eigenvalue weighted by Gasteiger charge is 2.56. The molecular formula is C25H25F3N6O. The van der Waals surface area contributed by atoms with E-state index >= 15 is 0 Å². The summed E-state index contributed by atoms with van der Waals surface area (Å²) in [5.41, 5.74) is 2.00. The summed E-state index contributed by atoms with van der Waals surface area (Å²) in [6, 6.07) is 8.77. The van der Waals surface area contributed by atoms with Gasteiger partial charge in [-0.15, -0.1) is 0 Å². The van der Waals surface area contributed by atoms with Crippen molar-refractivity contribution in [1.29, 1.82) is 0 Å². The average Bonchev–Trinajstić information content (AvgIpc) is 3.23. The fourth-order valence-corrected chi connectivity index (χ4v) is 3.90. The molecule has 182 valence electrons. The van der Waals surface area contributed by atoms with Gasteiger partial charge in [-0.3, -0.25) is 0 Å². The molecule has 3 heterocycles. The Morgan fingerprint density at radius 2 is 1.69 bits per heavy atom. The van der Waals surface area contributed by atoms with Gasteiger partial charge in [-0.25, -0.2) is 32.5 Å². The van der Waals surface area contributed by atoms with E-state index in [0.717, 1.165) is 17.2 Å². The standard InChI is InChI=1S/C13H14FN3O.C12H11F2N3/c1-9-3-4-11(12(14)5-9)13(10(2)18-13)6-17-8-15-7-16-17;1-2-9(6-17-8-15-7-16-17)11-4-3-10(13)5-12(11)14/h3-5,7-8,10H,6H2,1-2H3;2-5,7-8H,6H2,1H3. The molecule has 7 nitrogen and oxygen atoms in total. The highest BCUT2D eigenvalue weighted by atomic mass is 19.1. The molecule has 2 unspecified atom stereocenters. The third-order valence-electron chi connectivity index (χ3n) is 5.85. The molecule has 35 heavy (non-hydrogen) atoms. The molecule has 4 aromatic rings. The van der Waals surface area contributed by atoms with E-state index in [1.807, 2.05) is 19.9 Å². The lowest BCUT2D eigenvalue weighted by Gasteiger charge is -2.14. The SMILES string of the molecule is CC=C(Cn1cncn1)c1ccc(F)cc1F.Cc1ccc(C2(Cn3cncn3)OC2C)c(F)c1. The largest absolute Gasteiger partial charge is 0.359 e. The molecule has 0 N–H and O–H groups in total. The number of allylic oxidation sites excluding steroid dienone is 2. The first kappa shape index (κ1) is 24.3. The summed E-state index contributed by atoms with van der Waals surface area (Å²) in [6.07, 6.45) is 7.80. The summed E-state index contributed by atoms with van der Waals surface area (Å²) in [6.45, 7) is 6.49. The van der Waals surface area contributed by atoms with Crippen LogP contribution in [0, 0.1) is 24.4 Å².